The number of hydrogen-bond acceptors (Lipinski definition) is 3. The van der Waals surface area contributed by atoms with E-state index in [1.807, 2.05) is 0 Å². The fraction of sp³-hybridized carbons (Fsp3) is 0. The molecule has 0 aliphatic heterocycles. The summed E-state index contributed by atoms with van der Waals surface area (Å²) in [5.41, 5.74) is -0.301. The molecule has 0 fully saturated rings. The Hall–Kier alpha value is -1.42. The summed E-state index contributed by atoms with van der Waals surface area (Å²) in [6.07, 6.45) is 0.423. The summed E-state index contributed by atoms with van der Waals surface area (Å²) in [6.45, 7) is 0. The molecule has 4 nitrogen and oxygen atoms in total. The molecule has 1 heterocycles. The molecule has 5 heteroatoms. The van der Waals surface area contributed by atoms with E-state index < -0.39 is 5.97 Å². The SMILES string of the molecule is O=Cc1ccc(Cl)nc1C(=O)O. The van der Waals surface area contributed by atoms with Crippen molar-refractivity contribution in [1.29, 1.82) is 0 Å². The standard InChI is InChI=1S/C7H4ClNO3/c8-5-2-1-4(3-10)6(9-5)7(11)12/h1-3H,(H,11,12). The van der Waals surface area contributed by atoms with Crippen molar-refractivity contribution in [2.45, 2.75) is 0 Å². The Labute approximate surface area is 72.8 Å². The van der Waals surface area contributed by atoms with E-state index in [1.54, 1.807) is 0 Å². The summed E-state index contributed by atoms with van der Waals surface area (Å²) in [4.78, 5) is 24.2. The number of nitrogens with zero attached hydrogens (tertiary/aromatic N) is 1. The Morgan fingerprint density at radius 2 is 2.25 bits per heavy atom. The average Bonchev–Trinajstić information content (AvgIpc) is 2.04. The third-order valence-electron chi connectivity index (χ3n) is 1.22. The molecule has 1 N–H and O–H groups in total. The van der Waals surface area contributed by atoms with Gasteiger partial charge in [-0.25, -0.2) is 9.78 Å². The van der Waals surface area contributed by atoms with E-state index in [4.69, 9.17) is 16.7 Å². The maximum atomic E-state index is 10.5. The molecule has 12 heavy (non-hydrogen) atoms. The van der Waals surface area contributed by atoms with Gasteiger partial charge in [-0.05, 0) is 12.1 Å². The van der Waals surface area contributed by atoms with Crippen LogP contribution in [0.2, 0.25) is 5.15 Å². The zero-order valence-corrected chi connectivity index (χ0v) is 6.58. The van der Waals surface area contributed by atoms with Crippen molar-refractivity contribution in [3.63, 3.8) is 0 Å². The van der Waals surface area contributed by atoms with E-state index in [2.05, 4.69) is 4.98 Å². The fourth-order valence-corrected chi connectivity index (χ4v) is 0.860. The van der Waals surface area contributed by atoms with Crippen LogP contribution in [-0.2, 0) is 0 Å². The Morgan fingerprint density at radius 3 is 2.75 bits per heavy atom. The van der Waals surface area contributed by atoms with Gasteiger partial charge in [0, 0.05) is 5.56 Å². The molecule has 1 aromatic heterocycles. The lowest BCUT2D eigenvalue weighted by Gasteiger charge is -1.97. The highest BCUT2D eigenvalue weighted by molar-refractivity contribution is 6.29. The molecule has 0 saturated carbocycles. The van der Waals surface area contributed by atoms with Crippen molar-refractivity contribution in [3.8, 4) is 0 Å². The molecule has 1 aromatic rings. The number of rotatable bonds is 2. The highest BCUT2D eigenvalue weighted by atomic mass is 35.5. The monoisotopic (exact) mass is 185 g/mol. The van der Waals surface area contributed by atoms with Gasteiger partial charge in [0.2, 0.25) is 0 Å². The number of carboxylic acid groups (broad SMARTS) is 1. The molecule has 1 rings (SSSR count). The van der Waals surface area contributed by atoms with Crippen LogP contribution < -0.4 is 0 Å². The lowest BCUT2D eigenvalue weighted by molar-refractivity contribution is 0.0687. The predicted molar refractivity (Wildman–Crippen MR) is 41.6 cm³/mol. The van der Waals surface area contributed by atoms with Crippen LogP contribution in [0.25, 0.3) is 0 Å². The smallest absolute Gasteiger partial charge is 0.355 e. The predicted octanol–water partition coefficient (Wildman–Crippen LogP) is 1.25. The fourth-order valence-electron chi connectivity index (χ4n) is 0.712. The van der Waals surface area contributed by atoms with Crippen molar-refractivity contribution >= 4 is 23.9 Å². The van der Waals surface area contributed by atoms with E-state index in [-0.39, 0.29) is 16.4 Å². The van der Waals surface area contributed by atoms with E-state index in [0.29, 0.717) is 6.29 Å². The average molecular weight is 186 g/mol. The summed E-state index contributed by atoms with van der Waals surface area (Å²) < 4.78 is 0. The van der Waals surface area contributed by atoms with E-state index in [0.717, 1.165) is 0 Å². The Kier molecular flexibility index (Phi) is 2.40. The molecule has 0 atom stereocenters. The largest absolute Gasteiger partial charge is 0.476 e. The van der Waals surface area contributed by atoms with Crippen LogP contribution in [0.3, 0.4) is 0 Å². The molecule has 0 aromatic carbocycles. The van der Waals surface area contributed by atoms with Gasteiger partial charge in [-0.1, -0.05) is 11.6 Å². The van der Waals surface area contributed by atoms with Crippen LogP contribution >= 0.6 is 11.6 Å². The minimum Gasteiger partial charge on any atom is -0.476 e. The quantitative estimate of drug-likeness (QED) is 0.556. The van der Waals surface area contributed by atoms with Crippen molar-refractivity contribution in [3.05, 3.63) is 28.5 Å². The van der Waals surface area contributed by atoms with Crippen LogP contribution in [0.15, 0.2) is 12.1 Å². The highest BCUT2D eigenvalue weighted by Gasteiger charge is 2.11. The number of pyridine rings is 1. The number of halogens is 1. The van der Waals surface area contributed by atoms with Gasteiger partial charge in [0.1, 0.15) is 5.15 Å². The Morgan fingerprint density at radius 1 is 1.58 bits per heavy atom. The third-order valence-corrected chi connectivity index (χ3v) is 1.43. The van der Waals surface area contributed by atoms with Crippen LogP contribution in [0.1, 0.15) is 20.8 Å². The number of aldehydes is 1. The Balaban J connectivity index is 3.30. The first-order valence-corrected chi connectivity index (χ1v) is 3.38. The van der Waals surface area contributed by atoms with Gasteiger partial charge in [0.15, 0.2) is 12.0 Å². The summed E-state index contributed by atoms with van der Waals surface area (Å²) in [5.74, 6) is -1.26. The summed E-state index contributed by atoms with van der Waals surface area (Å²) >= 11 is 5.43. The van der Waals surface area contributed by atoms with Gasteiger partial charge in [0.05, 0.1) is 0 Å². The van der Waals surface area contributed by atoms with E-state index in [9.17, 15) is 9.59 Å². The van der Waals surface area contributed by atoms with Crippen LogP contribution in [0.4, 0.5) is 0 Å². The van der Waals surface area contributed by atoms with Crippen LogP contribution in [0, 0.1) is 0 Å². The lowest BCUT2D eigenvalue weighted by atomic mass is 10.2. The molecule has 0 aliphatic rings. The van der Waals surface area contributed by atoms with Gasteiger partial charge in [-0.15, -0.1) is 0 Å². The van der Waals surface area contributed by atoms with Crippen molar-refractivity contribution < 1.29 is 14.7 Å². The molecule has 0 saturated heterocycles. The van der Waals surface area contributed by atoms with Crippen molar-refractivity contribution in [2.24, 2.45) is 0 Å². The second kappa shape index (κ2) is 3.32. The Bertz CT molecular complexity index is 337. The topological polar surface area (TPSA) is 67.3 Å². The first-order valence-electron chi connectivity index (χ1n) is 3.00. The second-order valence-corrected chi connectivity index (χ2v) is 2.38. The molecule has 0 radical (unpaired) electrons. The molecular formula is C7H4ClNO3. The normalized spacial score (nSPS) is 9.42. The summed E-state index contributed by atoms with van der Waals surface area (Å²) in [7, 11) is 0. The zero-order valence-electron chi connectivity index (χ0n) is 5.82. The molecule has 0 spiro atoms. The van der Waals surface area contributed by atoms with Gasteiger partial charge >= 0.3 is 5.97 Å². The maximum Gasteiger partial charge on any atom is 0.355 e. The number of aromatic nitrogens is 1. The number of carbonyl (C=O) groups is 2. The highest BCUT2D eigenvalue weighted by Crippen LogP contribution is 2.09. The number of hydrogen-bond donors (Lipinski definition) is 1. The number of carboxylic acids is 1. The van der Waals surface area contributed by atoms with Crippen LogP contribution in [0.5, 0.6) is 0 Å². The molecule has 62 valence electrons. The number of carbonyl (C=O) groups excluding carboxylic acids is 1. The third kappa shape index (κ3) is 1.60. The van der Waals surface area contributed by atoms with Gasteiger partial charge in [-0.2, -0.15) is 0 Å². The summed E-state index contributed by atoms with van der Waals surface area (Å²) in [6, 6.07) is 2.67. The molecule has 0 amide bonds. The van der Waals surface area contributed by atoms with E-state index >= 15 is 0 Å². The first-order chi connectivity index (χ1) is 5.65. The van der Waals surface area contributed by atoms with Crippen molar-refractivity contribution in [2.75, 3.05) is 0 Å². The first kappa shape index (κ1) is 8.67. The summed E-state index contributed by atoms with van der Waals surface area (Å²) in [5, 5.41) is 8.59. The van der Waals surface area contributed by atoms with Gasteiger partial charge < -0.3 is 5.11 Å². The van der Waals surface area contributed by atoms with Crippen molar-refractivity contribution in [1.82, 2.24) is 4.98 Å². The molecule has 0 aliphatic carbocycles. The zero-order chi connectivity index (χ0) is 9.14. The maximum absolute atomic E-state index is 10.5. The van der Waals surface area contributed by atoms with Gasteiger partial charge in [0.25, 0.3) is 0 Å². The minimum atomic E-state index is -1.26. The second-order valence-electron chi connectivity index (χ2n) is 1.99. The minimum absolute atomic E-state index is 0.0203. The van der Waals surface area contributed by atoms with Gasteiger partial charge in [-0.3, -0.25) is 4.79 Å². The molecule has 0 bridgehead atoms. The van der Waals surface area contributed by atoms with Crippen LogP contribution in [-0.4, -0.2) is 22.3 Å². The molecular weight excluding hydrogens is 182 g/mol. The molecule has 0 unspecified atom stereocenters. The van der Waals surface area contributed by atoms with E-state index in [1.165, 1.54) is 12.1 Å². The lowest BCUT2D eigenvalue weighted by Crippen LogP contribution is -2.04. The number of aromatic carboxylic acids is 1.